The molecule has 0 bridgehead atoms. The molecule has 4 heteroatoms. The Bertz CT molecular complexity index is 1050. The van der Waals surface area contributed by atoms with Gasteiger partial charge in [-0.25, -0.2) is 4.79 Å². The summed E-state index contributed by atoms with van der Waals surface area (Å²) in [5.41, 5.74) is 3.24. The van der Waals surface area contributed by atoms with Crippen molar-refractivity contribution in [2.45, 2.75) is 51.0 Å². The molecule has 4 nitrogen and oxygen atoms in total. The third-order valence-corrected chi connectivity index (χ3v) is 6.16. The molecule has 0 radical (unpaired) electrons. The van der Waals surface area contributed by atoms with Gasteiger partial charge in [-0.15, -0.1) is 0 Å². The second-order valence-corrected chi connectivity index (χ2v) is 8.39. The van der Waals surface area contributed by atoms with E-state index in [4.69, 9.17) is 4.74 Å². The highest BCUT2D eigenvalue weighted by atomic mass is 16.5. The number of amides is 1. The van der Waals surface area contributed by atoms with Crippen LogP contribution in [0.15, 0.2) is 66.7 Å². The van der Waals surface area contributed by atoms with Gasteiger partial charge in [0.25, 0.3) is 5.91 Å². The van der Waals surface area contributed by atoms with Gasteiger partial charge in [0.15, 0.2) is 0 Å². The minimum Gasteiger partial charge on any atom is -0.464 e. The van der Waals surface area contributed by atoms with E-state index < -0.39 is 6.04 Å². The Balaban J connectivity index is 1.25. The van der Waals surface area contributed by atoms with Crippen LogP contribution in [-0.4, -0.2) is 24.5 Å². The Kier molecular flexibility index (Phi) is 6.66. The van der Waals surface area contributed by atoms with E-state index in [1.807, 2.05) is 24.3 Å². The van der Waals surface area contributed by atoms with Crippen molar-refractivity contribution in [1.29, 1.82) is 0 Å². The van der Waals surface area contributed by atoms with E-state index in [1.165, 1.54) is 21.9 Å². The van der Waals surface area contributed by atoms with Gasteiger partial charge >= 0.3 is 5.97 Å². The number of rotatable bonds is 8. The smallest absolute Gasteiger partial charge is 0.328 e. The van der Waals surface area contributed by atoms with Gasteiger partial charge in [0.1, 0.15) is 6.04 Å². The standard InChI is InChI=1S/C27H29NO3/c1-19(23-12-6-10-21-9-4-5-11-24(21)23)7-2-3-8-20-13-15-22(16-14-20)26(29)28-25-17-18-31-27(25)30/h4-6,9-16,19,25H,2-3,7-8,17-18H2,1H3,(H,28,29)/t19-,25+/m0/s1. The first-order chi connectivity index (χ1) is 15.1. The fourth-order valence-electron chi connectivity index (χ4n) is 4.31. The maximum absolute atomic E-state index is 12.3. The molecule has 1 heterocycles. The summed E-state index contributed by atoms with van der Waals surface area (Å²) >= 11 is 0. The van der Waals surface area contributed by atoms with Crippen molar-refractivity contribution in [3.63, 3.8) is 0 Å². The van der Waals surface area contributed by atoms with Crippen LogP contribution < -0.4 is 5.32 Å². The highest BCUT2D eigenvalue weighted by Gasteiger charge is 2.28. The molecular formula is C27H29NO3. The number of hydrogen-bond donors (Lipinski definition) is 1. The Hall–Kier alpha value is -3.14. The van der Waals surface area contributed by atoms with Gasteiger partial charge in [-0.2, -0.15) is 0 Å². The lowest BCUT2D eigenvalue weighted by atomic mass is 9.90. The van der Waals surface area contributed by atoms with Crippen molar-refractivity contribution in [2.24, 2.45) is 0 Å². The van der Waals surface area contributed by atoms with Crippen LogP contribution in [0.25, 0.3) is 10.8 Å². The van der Waals surface area contributed by atoms with E-state index in [0.717, 1.165) is 25.7 Å². The van der Waals surface area contributed by atoms with Crippen LogP contribution in [0.3, 0.4) is 0 Å². The third kappa shape index (κ3) is 5.13. The minimum absolute atomic E-state index is 0.223. The number of aryl methyl sites for hydroxylation is 1. The number of benzene rings is 3. The molecule has 1 saturated heterocycles. The summed E-state index contributed by atoms with van der Waals surface area (Å²) in [7, 11) is 0. The second-order valence-electron chi connectivity index (χ2n) is 8.39. The van der Waals surface area contributed by atoms with Crippen LogP contribution in [0.1, 0.15) is 60.0 Å². The number of ether oxygens (including phenoxy) is 1. The van der Waals surface area contributed by atoms with Crippen LogP contribution in [0.5, 0.6) is 0 Å². The van der Waals surface area contributed by atoms with E-state index in [9.17, 15) is 9.59 Å². The average molecular weight is 416 g/mol. The molecule has 160 valence electrons. The number of carbonyl (C=O) groups excluding carboxylic acids is 2. The number of nitrogens with one attached hydrogen (secondary N) is 1. The number of cyclic esters (lactones) is 1. The lowest BCUT2D eigenvalue weighted by Crippen LogP contribution is -2.37. The number of fused-ring (bicyclic) bond motifs is 1. The van der Waals surface area contributed by atoms with E-state index in [0.29, 0.717) is 24.5 Å². The molecule has 3 aromatic carbocycles. The van der Waals surface area contributed by atoms with Crippen molar-refractivity contribution >= 4 is 22.6 Å². The number of hydrogen-bond acceptors (Lipinski definition) is 3. The largest absolute Gasteiger partial charge is 0.464 e. The monoisotopic (exact) mass is 415 g/mol. The Morgan fingerprint density at radius 1 is 1.03 bits per heavy atom. The topological polar surface area (TPSA) is 55.4 Å². The van der Waals surface area contributed by atoms with Crippen molar-refractivity contribution in [2.75, 3.05) is 6.61 Å². The van der Waals surface area contributed by atoms with E-state index in [2.05, 4.69) is 54.7 Å². The summed E-state index contributed by atoms with van der Waals surface area (Å²) in [6.07, 6.45) is 4.98. The van der Waals surface area contributed by atoms with Crippen LogP contribution in [0.4, 0.5) is 0 Å². The first-order valence-electron chi connectivity index (χ1n) is 11.2. The third-order valence-electron chi connectivity index (χ3n) is 6.16. The fraction of sp³-hybridized carbons (Fsp3) is 0.333. The molecule has 0 spiro atoms. The van der Waals surface area contributed by atoms with Crippen LogP contribution >= 0.6 is 0 Å². The predicted molar refractivity (Wildman–Crippen MR) is 123 cm³/mol. The SMILES string of the molecule is C[C@@H](CCCCc1ccc(C(=O)N[C@@H]2CCOC2=O)cc1)c1cccc2ccccc12. The molecule has 1 fully saturated rings. The van der Waals surface area contributed by atoms with Gasteiger partial charge in [-0.05, 0) is 59.2 Å². The summed E-state index contributed by atoms with van der Waals surface area (Å²) < 4.78 is 4.89. The summed E-state index contributed by atoms with van der Waals surface area (Å²) in [5, 5.41) is 5.41. The molecule has 1 amide bonds. The first kappa shape index (κ1) is 21.1. The molecule has 0 saturated carbocycles. The molecule has 1 aliphatic heterocycles. The minimum atomic E-state index is -0.518. The Labute approximate surface area is 183 Å². The normalized spacial score (nSPS) is 16.8. The molecule has 0 unspecified atom stereocenters. The zero-order valence-electron chi connectivity index (χ0n) is 18.0. The molecule has 1 aliphatic rings. The summed E-state index contributed by atoms with van der Waals surface area (Å²) in [6.45, 7) is 2.69. The number of carbonyl (C=O) groups is 2. The van der Waals surface area contributed by atoms with Crippen LogP contribution in [0, 0.1) is 0 Å². The molecule has 1 N–H and O–H groups in total. The first-order valence-corrected chi connectivity index (χ1v) is 11.2. The van der Waals surface area contributed by atoms with Gasteiger partial charge in [-0.3, -0.25) is 4.79 Å². The molecule has 2 atom stereocenters. The van der Waals surface area contributed by atoms with E-state index >= 15 is 0 Å². The zero-order valence-corrected chi connectivity index (χ0v) is 18.0. The molecule has 31 heavy (non-hydrogen) atoms. The number of unbranched alkanes of at least 4 members (excludes halogenated alkanes) is 1. The Morgan fingerprint density at radius 3 is 2.58 bits per heavy atom. The average Bonchev–Trinajstić information content (AvgIpc) is 3.20. The second kappa shape index (κ2) is 9.78. The van der Waals surface area contributed by atoms with Crippen molar-refractivity contribution < 1.29 is 14.3 Å². The van der Waals surface area contributed by atoms with Crippen LogP contribution in [-0.2, 0) is 16.0 Å². The highest BCUT2D eigenvalue weighted by molar-refractivity contribution is 5.97. The summed E-state index contributed by atoms with van der Waals surface area (Å²) in [4.78, 5) is 23.8. The van der Waals surface area contributed by atoms with Gasteiger partial charge in [0.2, 0.25) is 0 Å². The molecular weight excluding hydrogens is 386 g/mol. The molecule has 3 aromatic rings. The highest BCUT2D eigenvalue weighted by Crippen LogP contribution is 2.29. The molecule has 4 rings (SSSR count). The van der Waals surface area contributed by atoms with Gasteiger partial charge in [0.05, 0.1) is 6.61 Å². The maximum atomic E-state index is 12.3. The van der Waals surface area contributed by atoms with Crippen molar-refractivity contribution in [3.05, 3.63) is 83.4 Å². The van der Waals surface area contributed by atoms with E-state index in [-0.39, 0.29) is 11.9 Å². The fourth-order valence-corrected chi connectivity index (χ4v) is 4.31. The molecule has 0 aromatic heterocycles. The van der Waals surface area contributed by atoms with Crippen molar-refractivity contribution in [3.8, 4) is 0 Å². The zero-order chi connectivity index (χ0) is 21.6. The maximum Gasteiger partial charge on any atom is 0.328 e. The van der Waals surface area contributed by atoms with Crippen molar-refractivity contribution in [1.82, 2.24) is 5.32 Å². The van der Waals surface area contributed by atoms with Crippen LogP contribution in [0.2, 0.25) is 0 Å². The summed E-state index contributed by atoms with van der Waals surface area (Å²) in [5.74, 6) is -0.0403. The lowest BCUT2D eigenvalue weighted by molar-refractivity contribution is -0.139. The quantitative estimate of drug-likeness (QED) is 0.396. The predicted octanol–water partition coefficient (Wildman–Crippen LogP) is 5.40. The number of esters is 1. The Morgan fingerprint density at radius 2 is 1.81 bits per heavy atom. The van der Waals surface area contributed by atoms with E-state index in [1.54, 1.807) is 0 Å². The summed E-state index contributed by atoms with van der Waals surface area (Å²) in [6, 6.07) is 22.4. The van der Waals surface area contributed by atoms with Gasteiger partial charge < -0.3 is 10.1 Å². The van der Waals surface area contributed by atoms with Gasteiger partial charge in [-0.1, -0.05) is 67.9 Å². The molecule has 0 aliphatic carbocycles. The lowest BCUT2D eigenvalue weighted by Gasteiger charge is -2.15. The van der Waals surface area contributed by atoms with Gasteiger partial charge in [0, 0.05) is 12.0 Å².